The molecule has 0 rings (SSSR count). The molecule has 17 heavy (non-hydrogen) atoms. The molecule has 0 aromatic rings. The predicted molar refractivity (Wildman–Crippen MR) is 73.1 cm³/mol. The molecule has 1 N–H and O–H groups in total. The number of hydrogen-bond donors (Lipinski definition) is 1. The normalized spacial score (nSPS) is 12.6. The first-order valence-electron chi connectivity index (χ1n) is 7.33. The third-order valence-corrected chi connectivity index (χ3v) is 3.46. The van der Waals surface area contributed by atoms with Crippen molar-refractivity contribution in [2.45, 2.75) is 78.1 Å². The lowest BCUT2D eigenvalue weighted by Gasteiger charge is -2.11. The van der Waals surface area contributed by atoms with Crippen molar-refractivity contribution in [3.05, 3.63) is 0 Å². The van der Waals surface area contributed by atoms with Gasteiger partial charge in [-0.2, -0.15) is 0 Å². The van der Waals surface area contributed by atoms with Gasteiger partial charge in [0.1, 0.15) is 5.78 Å². The molecular formula is C15H30O2. The number of carbonyl (C=O) groups is 1. The molecule has 0 aromatic carbocycles. The molecule has 0 spiro atoms. The van der Waals surface area contributed by atoms with E-state index in [9.17, 15) is 4.79 Å². The Hall–Kier alpha value is -0.370. The Morgan fingerprint density at radius 3 is 1.94 bits per heavy atom. The minimum Gasteiger partial charge on any atom is -0.396 e. The summed E-state index contributed by atoms with van der Waals surface area (Å²) in [6.07, 6.45) is 12.0. The van der Waals surface area contributed by atoms with Crippen LogP contribution in [-0.4, -0.2) is 17.5 Å². The zero-order chi connectivity index (χ0) is 12.9. The van der Waals surface area contributed by atoms with Gasteiger partial charge in [-0.25, -0.2) is 0 Å². The van der Waals surface area contributed by atoms with E-state index in [2.05, 4.69) is 6.92 Å². The van der Waals surface area contributed by atoms with E-state index in [1.807, 2.05) is 0 Å². The van der Waals surface area contributed by atoms with Gasteiger partial charge in [-0.05, 0) is 19.8 Å². The van der Waals surface area contributed by atoms with Gasteiger partial charge in [0.25, 0.3) is 0 Å². The number of Topliss-reactive ketones (excluding diaryl/α,β-unsaturated/α-hetero) is 1. The van der Waals surface area contributed by atoms with Gasteiger partial charge in [0.15, 0.2) is 0 Å². The number of rotatable bonds is 12. The SMILES string of the molecule is CCCCCCCCCCC(CCO)C(C)=O. The summed E-state index contributed by atoms with van der Waals surface area (Å²) in [7, 11) is 0. The fraction of sp³-hybridized carbons (Fsp3) is 0.933. The lowest BCUT2D eigenvalue weighted by molar-refractivity contribution is -0.121. The highest BCUT2D eigenvalue weighted by Gasteiger charge is 2.12. The second-order valence-corrected chi connectivity index (χ2v) is 5.08. The molecule has 102 valence electrons. The maximum atomic E-state index is 11.3. The van der Waals surface area contributed by atoms with Crippen molar-refractivity contribution in [2.75, 3.05) is 6.61 Å². The number of hydrogen-bond acceptors (Lipinski definition) is 2. The minimum atomic E-state index is 0.0973. The summed E-state index contributed by atoms with van der Waals surface area (Å²) in [5.74, 6) is 0.335. The van der Waals surface area contributed by atoms with Gasteiger partial charge in [-0.15, -0.1) is 0 Å². The van der Waals surface area contributed by atoms with Crippen molar-refractivity contribution in [1.29, 1.82) is 0 Å². The van der Waals surface area contributed by atoms with Crippen molar-refractivity contribution in [2.24, 2.45) is 5.92 Å². The maximum absolute atomic E-state index is 11.3. The average molecular weight is 242 g/mol. The summed E-state index contributed by atoms with van der Waals surface area (Å²) in [5, 5.41) is 8.86. The van der Waals surface area contributed by atoms with Crippen molar-refractivity contribution in [3.8, 4) is 0 Å². The molecular weight excluding hydrogens is 212 g/mol. The molecule has 2 heteroatoms. The molecule has 0 fully saturated rings. The van der Waals surface area contributed by atoms with Gasteiger partial charge >= 0.3 is 0 Å². The van der Waals surface area contributed by atoms with Gasteiger partial charge in [0.05, 0.1) is 0 Å². The molecule has 0 aliphatic heterocycles. The average Bonchev–Trinajstić information content (AvgIpc) is 2.31. The Balaban J connectivity index is 3.33. The zero-order valence-corrected chi connectivity index (χ0v) is 11.7. The van der Waals surface area contributed by atoms with Crippen molar-refractivity contribution in [3.63, 3.8) is 0 Å². The maximum Gasteiger partial charge on any atom is 0.132 e. The topological polar surface area (TPSA) is 37.3 Å². The molecule has 0 amide bonds. The molecule has 0 saturated carbocycles. The monoisotopic (exact) mass is 242 g/mol. The smallest absolute Gasteiger partial charge is 0.132 e. The van der Waals surface area contributed by atoms with Gasteiger partial charge in [0.2, 0.25) is 0 Å². The number of aliphatic hydroxyl groups is 1. The predicted octanol–water partition coefficient (Wildman–Crippen LogP) is 4.10. The molecule has 0 aliphatic carbocycles. The van der Waals surface area contributed by atoms with Crippen LogP contribution in [0.25, 0.3) is 0 Å². The number of carbonyl (C=O) groups excluding carboxylic acids is 1. The van der Waals surface area contributed by atoms with Crippen LogP contribution in [0.3, 0.4) is 0 Å². The van der Waals surface area contributed by atoms with E-state index < -0.39 is 0 Å². The second kappa shape index (κ2) is 12.1. The molecule has 1 atom stereocenters. The van der Waals surface area contributed by atoms with Crippen LogP contribution in [0.1, 0.15) is 78.1 Å². The third-order valence-electron chi connectivity index (χ3n) is 3.46. The summed E-state index contributed by atoms with van der Waals surface area (Å²) in [6.45, 7) is 4.02. The van der Waals surface area contributed by atoms with E-state index in [4.69, 9.17) is 5.11 Å². The Morgan fingerprint density at radius 2 is 1.47 bits per heavy atom. The Kier molecular flexibility index (Phi) is 11.8. The summed E-state index contributed by atoms with van der Waals surface area (Å²) < 4.78 is 0. The largest absolute Gasteiger partial charge is 0.396 e. The number of aliphatic hydroxyl groups excluding tert-OH is 1. The zero-order valence-electron chi connectivity index (χ0n) is 11.7. The van der Waals surface area contributed by atoms with Gasteiger partial charge < -0.3 is 5.11 Å². The fourth-order valence-electron chi connectivity index (χ4n) is 2.23. The second-order valence-electron chi connectivity index (χ2n) is 5.08. The molecule has 0 bridgehead atoms. The highest BCUT2D eigenvalue weighted by molar-refractivity contribution is 5.78. The van der Waals surface area contributed by atoms with E-state index in [0.29, 0.717) is 6.42 Å². The minimum absolute atomic E-state index is 0.0973. The van der Waals surface area contributed by atoms with Gasteiger partial charge in [-0.1, -0.05) is 58.3 Å². The molecule has 0 aliphatic rings. The first-order valence-corrected chi connectivity index (χ1v) is 7.33. The fourth-order valence-corrected chi connectivity index (χ4v) is 2.23. The van der Waals surface area contributed by atoms with Crippen LogP contribution in [0.15, 0.2) is 0 Å². The van der Waals surface area contributed by atoms with Crippen LogP contribution in [0.5, 0.6) is 0 Å². The standard InChI is InChI=1S/C15H30O2/c1-3-4-5-6-7-8-9-10-11-15(12-13-16)14(2)17/h15-16H,3-13H2,1-2H3. The van der Waals surface area contributed by atoms with E-state index in [-0.39, 0.29) is 18.3 Å². The van der Waals surface area contributed by atoms with E-state index in [1.54, 1.807) is 6.92 Å². The third kappa shape index (κ3) is 10.5. The Bertz CT molecular complexity index is 178. The molecule has 2 nitrogen and oxygen atoms in total. The van der Waals surface area contributed by atoms with Crippen LogP contribution < -0.4 is 0 Å². The van der Waals surface area contributed by atoms with Gasteiger partial charge in [-0.3, -0.25) is 4.79 Å². The molecule has 0 aromatic heterocycles. The summed E-state index contributed by atoms with van der Waals surface area (Å²) >= 11 is 0. The van der Waals surface area contributed by atoms with Gasteiger partial charge in [0, 0.05) is 12.5 Å². The molecule has 0 radical (unpaired) electrons. The van der Waals surface area contributed by atoms with Crippen LogP contribution in [0, 0.1) is 5.92 Å². The molecule has 0 saturated heterocycles. The van der Waals surface area contributed by atoms with Crippen LogP contribution >= 0.6 is 0 Å². The van der Waals surface area contributed by atoms with Crippen molar-refractivity contribution >= 4 is 5.78 Å². The summed E-state index contributed by atoms with van der Waals surface area (Å²) in [6, 6.07) is 0. The summed E-state index contributed by atoms with van der Waals surface area (Å²) in [4.78, 5) is 11.3. The molecule has 0 heterocycles. The summed E-state index contributed by atoms with van der Waals surface area (Å²) in [5.41, 5.74) is 0. The lowest BCUT2D eigenvalue weighted by Crippen LogP contribution is -2.12. The number of unbranched alkanes of at least 4 members (excludes halogenated alkanes) is 7. The number of ketones is 1. The van der Waals surface area contributed by atoms with E-state index in [1.165, 1.54) is 44.9 Å². The van der Waals surface area contributed by atoms with E-state index >= 15 is 0 Å². The van der Waals surface area contributed by atoms with E-state index in [0.717, 1.165) is 12.8 Å². The lowest BCUT2D eigenvalue weighted by atomic mass is 9.94. The Labute approximate surface area is 107 Å². The van der Waals surface area contributed by atoms with Crippen molar-refractivity contribution < 1.29 is 9.90 Å². The van der Waals surface area contributed by atoms with Crippen LogP contribution in [0.4, 0.5) is 0 Å². The molecule has 1 unspecified atom stereocenters. The van der Waals surface area contributed by atoms with Crippen LogP contribution in [0.2, 0.25) is 0 Å². The Morgan fingerprint density at radius 1 is 0.941 bits per heavy atom. The first-order chi connectivity index (χ1) is 8.22. The highest BCUT2D eigenvalue weighted by Crippen LogP contribution is 2.16. The van der Waals surface area contributed by atoms with Crippen molar-refractivity contribution in [1.82, 2.24) is 0 Å². The first kappa shape index (κ1) is 16.6. The quantitative estimate of drug-likeness (QED) is 0.523. The highest BCUT2D eigenvalue weighted by atomic mass is 16.3. The van der Waals surface area contributed by atoms with Crippen LogP contribution in [-0.2, 0) is 4.79 Å².